The highest BCUT2D eigenvalue weighted by Gasteiger charge is 2.28. The predicted octanol–water partition coefficient (Wildman–Crippen LogP) is 2.39. The summed E-state index contributed by atoms with van der Waals surface area (Å²) in [5.74, 6) is 0.472. The van der Waals surface area contributed by atoms with E-state index in [0.29, 0.717) is 23.8 Å². The average molecular weight is 223 g/mol. The summed E-state index contributed by atoms with van der Waals surface area (Å²) in [6.45, 7) is 4.37. The molecule has 0 saturated heterocycles. The quantitative estimate of drug-likeness (QED) is 0.770. The fourth-order valence-electron chi connectivity index (χ4n) is 1.52. The van der Waals surface area contributed by atoms with Crippen molar-refractivity contribution in [1.82, 2.24) is 0 Å². The van der Waals surface area contributed by atoms with Gasteiger partial charge in [0.1, 0.15) is 18.2 Å². The largest absolute Gasteiger partial charge is 0.497 e. The number of methoxy groups -OCH3 is 1. The van der Waals surface area contributed by atoms with Gasteiger partial charge in [0, 0.05) is 6.07 Å². The molecule has 0 aromatic heterocycles. The molecule has 0 fully saturated rings. The minimum Gasteiger partial charge on any atom is -0.497 e. The summed E-state index contributed by atoms with van der Waals surface area (Å²) < 4.78 is 24.0. The Labute approximate surface area is 93.9 Å². The second-order valence-corrected chi connectivity index (χ2v) is 4.36. The minimum atomic E-state index is -0.379. The maximum Gasteiger partial charge on any atom is 0.219 e. The van der Waals surface area contributed by atoms with Gasteiger partial charge in [-0.1, -0.05) is 0 Å². The fraction of sp³-hybridized carbons (Fsp3) is 0.417. The molecule has 16 heavy (non-hydrogen) atoms. The summed E-state index contributed by atoms with van der Waals surface area (Å²) >= 11 is 0. The summed E-state index contributed by atoms with van der Waals surface area (Å²) in [5.41, 5.74) is 0.105. The summed E-state index contributed by atoms with van der Waals surface area (Å²) in [6.07, 6.45) is 0. The molecule has 2 rings (SSSR count). The van der Waals surface area contributed by atoms with Crippen molar-refractivity contribution in [2.24, 2.45) is 4.99 Å². The lowest BCUT2D eigenvalue weighted by molar-refractivity contribution is 0.279. The Morgan fingerprint density at radius 1 is 1.44 bits per heavy atom. The molecule has 0 saturated carbocycles. The van der Waals surface area contributed by atoms with Crippen LogP contribution < -0.4 is 4.74 Å². The molecular formula is C12H14FNO2. The zero-order valence-electron chi connectivity index (χ0n) is 9.58. The zero-order chi connectivity index (χ0) is 11.8. The molecule has 0 atom stereocenters. The van der Waals surface area contributed by atoms with Crippen LogP contribution in [0.3, 0.4) is 0 Å². The van der Waals surface area contributed by atoms with Gasteiger partial charge in [-0.2, -0.15) is 0 Å². The first-order valence-electron chi connectivity index (χ1n) is 5.08. The first-order chi connectivity index (χ1) is 7.52. The number of nitrogens with zero attached hydrogens (tertiary/aromatic N) is 1. The maximum absolute atomic E-state index is 13.7. The van der Waals surface area contributed by atoms with E-state index >= 15 is 0 Å². The smallest absolute Gasteiger partial charge is 0.219 e. The van der Waals surface area contributed by atoms with Crippen LogP contribution in [0.5, 0.6) is 5.75 Å². The molecule has 1 aliphatic heterocycles. The normalized spacial score (nSPS) is 17.9. The molecule has 4 heteroatoms. The molecule has 0 spiro atoms. The second-order valence-electron chi connectivity index (χ2n) is 4.36. The highest BCUT2D eigenvalue weighted by molar-refractivity contribution is 5.95. The lowest BCUT2D eigenvalue weighted by Gasteiger charge is -2.07. The van der Waals surface area contributed by atoms with Crippen molar-refractivity contribution in [1.29, 1.82) is 0 Å². The Kier molecular flexibility index (Phi) is 2.58. The third kappa shape index (κ3) is 2.01. The van der Waals surface area contributed by atoms with E-state index in [1.807, 2.05) is 13.8 Å². The van der Waals surface area contributed by atoms with Crippen molar-refractivity contribution in [3.63, 3.8) is 0 Å². The number of halogens is 1. The Balaban J connectivity index is 2.35. The zero-order valence-corrected chi connectivity index (χ0v) is 9.58. The first-order valence-corrected chi connectivity index (χ1v) is 5.08. The van der Waals surface area contributed by atoms with Crippen LogP contribution in [0.2, 0.25) is 0 Å². The lowest BCUT2D eigenvalue weighted by atomic mass is 10.1. The number of benzene rings is 1. The van der Waals surface area contributed by atoms with Crippen molar-refractivity contribution < 1.29 is 13.9 Å². The van der Waals surface area contributed by atoms with E-state index in [2.05, 4.69) is 4.99 Å². The number of ether oxygens (including phenoxy) is 2. The fourth-order valence-corrected chi connectivity index (χ4v) is 1.52. The molecule has 1 heterocycles. The standard InChI is InChI=1S/C12H14FNO2/c1-12(2)7-16-11(14-12)9-5-4-8(15-3)6-10(9)13/h4-6H,7H2,1-3H3. The van der Waals surface area contributed by atoms with E-state index in [0.717, 1.165) is 0 Å². The van der Waals surface area contributed by atoms with Crippen LogP contribution in [0.1, 0.15) is 19.4 Å². The third-order valence-corrected chi connectivity index (χ3v) is 2.37. The first kappa shape index (κ1) is 10.9. The molecule has 0 unspecified atom stereocenters. The van der Waals surface area contributed by atoms with Crippen LogP contribution in [-0.2, 0) is 4.74 Å². The van der Waals surface area contributed by atoms with E-state index < -0.39 is 0 Å². The molecule has 0 aliphatic carbocycles. The molecule has 86 valence electrons. The van der Waals surface area contributed by atoms with E-state index in [1.165, 1.54) is 13.2 Å². The molecule has 0 amide bonds. The van der Waals surface area contributed by atoms with Crippen LogP contribution in [0.4, 0.5) is 4.39 Å². The van der Waals surface area contributed by atoms with Crippen molar-refractivity contribution in [3.8, 4) is 5.75 Å². The van der Waals surface area contributed by atoms with Crippen molar-refractivity contribution >= 4 is 5.90 Å². The Morgan fingerprint density at radius 2 is 2.19 bits per heavy atom. The van der Waals surface area contributed by atoms with Gasteiger partial charge in [-0.3, -0.25) is 0 Å². The van der Waals surface area contributed by atoms with Gasteiger partial charge in [0.05, 0.1) is 18.2 Å². The van der Waals surface area contributed by atoms with E-state index in [4.69, 9.17) is 9.47 Å². The Hall–Kier alpha value is -1.58. The summed E-state index contributed by atoms with van der Waals surface area (Å²) in [4.78, 5) is 4.32. The number of hydrogen-bond acceptors (Lipinski definition) is 3. The van der Waals surface area contributed by atoms with Crippen molar-refractivity contribution in [3.05, 3.63) is 29.6 Å². The molecule has 0 N–H and O–H groups in total. The van der Waals surface area contributed by atoms with Gasteiger partial charge in [-0.25, -0.2) is 9.38 Å². The van der Waals surface area contributed by atoms with Gasteiger partial charge in [0.2, 0.25) is 5.90 Å². The van der Waals surface area contributed by atoms with Crippen LogP contribution >= 0.6 is 0 Å². The van der Waals surface area contributed by atoms with Crippen LogP contribution in [0.25, 0.3) is 0 Å². The Bertz CT molecular complexity index is 441. The Morgan fingerprint density at radius 3 is 2.69 bits per heavy atom. The number of aliphatic imine (C=N–C) groups is 1. The molecular weight excluding hydrogens is 209 g/mol. The van der Waals surface area contributed by atoms with Gasteiger partial charge < -0.3 is 9.47 Å². The van der Waals surface area contributed by atoms with Gasteiger partial charge in [-0.05, 0) is 26.0 Å². The van der Waals surface area contributed by atoms with E-state index in [-0.39, 0.29) is 11.4 Å². The lowest BCUT2D eigenvalue weighted by Crippen LogP contribution is -2.17. The highest BCUT2D eigenvalue weighted by Crippen LogP contribution is 2.24. The minimum absolute atomic E-state index is 0.276. The third-order valence-electron chi connectivity index (χ3n) is 2.37. The van der Waals surface area contributed by atoms with E-state index in [1.54, 1.807) is 12.1 Å². The monoisotopic (exact) mass is 223 g/mol. The number of hydrogen-bond donors (Lipinski definition) is 0. The summed E-state index contributed by atoms with van der Waals surface area (Å²) in [6, 6.07) is 4.64. The predicted molar refractivity (Wildman–Crippen MR) is 59.5 cm³/mol. The molecule has 1 aromatic rings. The van der Waals surface area contributed by atoms with Crippen molar-refractivity contribution in [2.45, 2.75) is 19.4 Å². The number of rotatable bonds is 2. The van der Waals surface area contributed by atoms with E-state index in [9.17, 15) is 4.39 Å². The molecule has 0 bridgehead atoms. The molecule has 0 radical (unpaired) electrons. The van der Waals surface area contributed by atoms with Gasteiger partial charge in [-0.15, -0.1) is 0 Å². The van der Waals surface area contributed by atoms with Crippen molar-refractivity contribution in [2.75, 3.05) is 13.7 Å². The van der Waals surface area contributed by atoms with Crippen LogP contribution in [0, 0.1) is 5.82 Å². The molecule has 1 aromatic carbocycles. The van der Waals surface area contributed by atoms with Gasteiger partial charge in [0.15, 0.2) is 0 Å². The van der Waals surface area contributed by atoms with Crippen LogP contribution in [0.15, 0.2) is 23.2 Å². The van der Waals surface area contributed by atoms with Gasteiger partial charge in [0.25, 0.3) is 0 Å². The summed E-state index contributed by atoms with van der Waals surface area (Å²) in [7, 11) is 1.50. The molecule has 1 aliphatic rings. The SMILES string of the molecule is COc1ccc(C2=NC(C)(C)CO2)c(F)c1. The topological polar surface area (TPSA) is 30.8 Å². The highest BCUT2D eigenvalue weighted by atomic mass is 19.1. The average Bonchev–Trinajstić information content (AvgIpc) is 2.58. The molecule has 3 nitrogen and oxygen atoms in total. The van der Waals surface area contributed by atoms with Gasteiger partial charge >= 0.3 is 0 Å². The summed E-state index contributed by atoms with van der Waals surface area (Å²) in [5, 5.41) is 0. The maximum atomic E-state index is 13.7. The van der Waals surface area contributed by atoms with Crippen LogP contribution in [-0.4, -0.2) is 25.2 Å². The second kappa shape index (κ2) is 3.77.